The molecule has 0 aliphatic carbocycles. The van der Waals surface area contributed by atoms with Crippen LogP contribution in [0.5, 0.6) is 17.4 Å². The quantitative estimate of drug-likeness (QED) is 0.436. The highest BCUT2D eigenvalue weighted by Gasteiger charge is 2.13. The molecule has 1 aromatic heterocycles. The molecule has 6 nitrogen and oxygen atoms in total. The van der Waals surface area contributed by atoms with Crippen molar-refractivity contribution in [2.24, 2.45) is 0 Å². The molecule has 4 rings (SSSR count). The van der Waals surface area contributed by atoms with Crippen LogP contribution in [-0.2, 0) is 0 Å². The Morgan fingerprint density at radius 2 is 1.91 bits per heavy atom. The number of pyridine rings is 1. The van der Waals surface area contributed by atoms with Crippen molar-refractivity contribution in [1.29, 1.82) is 0 Å². The van der Waals surface area contributed by atoms with Gasteiger partial charge in [0.2, 0.25) is 5.88 Å². The lowest BCUT2D eigenvalue weighted by Gasteiger charge is -2.15. The minimum Gasteiger partial charge on any atom is -0.508 e. The van der Waals surface area contributed by atoms with Crippen molar-refractivity contribution >= 4 is 34.7 Å². The standard InChI is InChI=1S/C24H28FN3O3.ClH/c1-16-12-19(25)22(14-23(16)29)26-21-15-24(30-2)27-20-13-17(6-7-18(20)21)31-11-5-10-28-8-3-4-9-28;/h6-7,12-15,29H,3-5,8-11H2,1-2H3,(H,26,27);1H. The van der Waals surface area contributed by atoms with Crippen LogP contribution < -0.4 is 14.8 Å². The SMILES string of the molecule is COc1cc(Nc2cc(O)c(C)cc2F)c2ccc(OCCCN3CCCC3)cc2n1.Cl. The Balaban J connectivity index is 0.00000289. The maximum absolute atomic E-state index is 14.4. The number of ether oxygens (including phenoxy) is 2. The number of benzene rings is 2. The van der Waals surface area contributed by atoms with E-state index in [1.807, 2.05) is 18.2 Å². The summed E-state index contributed by atoms with van der Waals surface area (Å²) in [6.45, 7) is 5.73. The highest BCUT2D eigenvalue weighted by molar-refractivity contribution is 5.94. The highest BCUT2D eigenvalue weighted by atomic mass is 35.5. The van der Waals surface area contributed by atoms with Gasteiger partial charge in [0.05, 0.1) is 30.6 Å². The number of phenolic OH excluding ortho intramolecular Hbond substituents is 1. The van der Waals surface area contributed by atoms with E-state index in [0.717, 1.165) is 24.1 Å². The predicted octanol–water partition coefficient (Wildman–Crippen LogP) is 5.43. The lowest BCUT2D eigenvalue weighted by atomic mass is 10.1. The molecule has 0 unspecified atom stereocenters. The molecule has 1 saturated heterocycles. The molecule has 2 N–H and O–H groups in total. The predicted molar refractivity (Wildman–Crippen MR) is 127 cm³/mol. The van der Waals surface area contributed by atoms with Gasteiger partial charge in [0.1, 0.15) is 17.3 Å². The fraction of sp³-hybridized carbons (Fsp3) is 0.375. The average molecular weight is 462 g/mol. The number of hydrogen-bond donors (Lipinski definition) is 2. The van der Waals surface area contributed by atoms with E-state index >= 15 is 0 Å². The molecule has 1 fully saturated rings. The van der Waals surface area contributed by atoms with Crippen molar-refractivity contribution in [3.63, 3.8) is 0 Å². The summed E-state index contributed by atoms with van der Waals surface area (Å²) in [7, 11) is 1.54. The molecule has 3 aromatic rings. The molecule has 2 aromatic carbocycles. The molecule has 0 saturated carbocycles. The normalized spacial score (nSPS) is 13.7. The summed E-state index contributed by atoms with van der Waals surface area (Å²) in [4.78, 5) is 6.98. The van der Waals surface area contributed by atoms with Crippen molar-refractivity contribution in [2.75, 3.05) is 38.7 Å². The van der Waals surface area contributed by atoms with Gasteiger partial charge in [-0.2, -0.15) is 0 Å². The first-order chi connectivity index (χ1) is 15.0. The van der Waals surface area contributed by atoms with Crippen molar-refractivity contribution < 1.29 is 19.0 Å². The first-order valence-electron chi connectivity index (χ1n) is 10.6. The van der Waals surface area contributed by atoms with Gasteiger partial charge >= 0.3 is 0 Å². The summed E-state index contributed by atoms with van der Waals surface area (Å²) < 4.78 is 25.7. The molecule has 0 amide bonds. The number of phenols is 1. The van der Waals surface area contributed by atoms with Crippen LogP contribution in [0.25, 0.3) is 10.9 Å². The summed E-state index contributed by atoms with van der Waals surface area (Å²) in [5, 5.41) is 13.8. The van der Waals surface area contributed by atoms with Gasteiger partial charge in [0.25, 0.3) is 0 Å². The van der Waals surface area contributed by atoms with Crippen molar-refractivity contribution in [3.8, 4) is 17.4 Å². The largest absolute Gasteiger partial charge is 0.508 e. The van der Waals surface area contributed by atoms with Crippen molar-refractivity contribution in [3.05, 3.63) is 47.8 Å². The van der Waals surface area contributed by atoms with Crippen LogP contribution in [0.15, 0.2) is 36.4 Å². The molecular weight excluding hydrogens is 433 g/mol. The Bertz CT molecular complexity index is 1070. The maximum atomic E-state index is 14.4. The average Bonchev–Trinajstić information content (AvgIpc) is 3.28. The Morgan fingerprint density at radius 3 is 2.66 bits per heavy atom. The van der Waals surface area contributed by atoms with E-state index in [1.165, 1.54) is 45.2 Å². The second kappa shape index (κ2) is 10.7. The van der Waals surface area contributed by atoms with Crippen LogP contribution in [0.1, 0.15) is 24.8 Å². The van der Waals surface area contributed by atoms with E-state index in [2.05, 4.69) is 15.2 Å². The molecule has 0 spiro atoms. The number of anilines is 2. The number of likely N-dealkylation sites (tertiary alicyclic amines) is 1. The molecular formula is C24H29ClFN3O3. The number of aromatic nitrogens is 1. The molecule has 1 aliphatic heterocycles. The fourth-order valence-corrected chi connectivity index (χ4v) is 3.87. The number of nitrogens with zero attached hydrogens (tertiary/aromatic N) is 2. The molecule has 172 valence electrons. The number of aryl methyl sites for hydroxylation is 1. The van der Waals surface area contributed by atoms with Crippen LogP contribution in [0.3, 0.4) is 0 Å². The monoisotopic (exact) mass is 461 g/mol. The molecule has 2 heterocycles. The summed E-state index contributed by atoms with van der Waals surface area (Å²) in [5.74, 6) is 0.716. The number of nitrogens with one attached hydrogen (secondary N) is 1. The third kappa shape index (κ3) is 5.53. The number of fused-ring (bicyclic) bond motifs is 1. The minimum atomic E-state index is -0.447. The Morgan fingerprint density at radius 1 is 1.12 bits per heavy atom. The summed E-state index contributed by atoms with van der Waals surface area (Å²) in [5.41, 5.74) is 1.96. The Labute approximate surface area is 193 Å². The number of hydrogen-bond acceptors (Lipinski definition) is 6. The van der Waals surface area contributed by atoms with E-state index in [4.69, 9.17) is 9.47 Å². The third-order valence-corrected chi connectivity index (χ3v) is 5.61. The van der Waals surface area contributed by atoms with E-state index in [1.54, 1.807) is 13.0 Å². The minimum absolute atomic E-state index is 0. The van der Waals surface area contributed by atoms with Gasteiger partial charge in [-0.25, -0.2) is 9.37 Å². The van der Waals surface area contributed by atoms with Crippen LogP contribution >= 0.6 is 12.4 Å². The first-order valence-corrected chi connectivity index (χ1v) is 10.6. The lowest BCUT2D eigenvalue weighted by molar-refractivity contribution is 0.263. The maximum Gasteiger partial charge on any atom is 0.215 e. The number of aromatic hydroxyl groups is 1. The van der Waals surface area contributed by atoms with Gasteiger partial charge < -0.3 is 24.8 Å². The smallest absolute Gasteiger partial charge is 0.215 e. The second-order valence-electron chi connectivity index (χ2n) is 7.89. The van der Waals surface area contributed by atoms with E-state index in [-0.39, 0.29) is 23.8 Å². The third-order valence-electron chi connectivity index (χ3n) is 5.61. The number of methoxy groups -OCH3 is 1. The highest BCUT2D eigenvalue weighted by Crippen LogP contribution is 2.34. The molecule has 1 aliphatic rings. The number of halogens is 2. The Kier molecular flexibility index (Phi) is 7.99. The molecule has 0 atom stereocenters. The molecule has 32 heavy (non-hydrogen) atoms. The van der Waals surface area contributed by atoms with Crippen LogP contribution in [0, 0.1) is 12.7 Å². The second-order valence-corrected chi connectivity index (χ2v) is 7.89. The van der Waals surface area contributed by atoms with Gasteiger partial charge in [-0.15, -0.1) is 12.4 Å². The fourth-order valence-electron chi connectivity index (χ4n) is 3.87. The van der Waals surface area contributed by atoms with Gasteiger partial charge in [-0.05, 0) is 63.0 Å². The van der Waals surface area contributed by atoms with Crippen molar-refractivity contribution in [1.82, 2.24) is 9.88 Å². The van der Waals surface area contributed by atoms with Crippen LogP contribution in [-0.4, -0.2) is 48.3 Å². The van der Waals surface area contributed by atoms with Gasteiger partial charge in [0.15, 0.2) is 0 Å². The van der Waals surface area contributed by atoms with Crippen molar-refractivity contribution in [2.45, 2.75) is 26.2 Å². The van der Waals surface area contributed by atoms with Crippen LogP contribution in [0.4, 0.5) is 15.8 Å². The molecule has 0 bridgehead atoms. The van der Waals surface area contributed by atoms with E-state index in [0.29, 0.717) is 29.3 Å². The lowest BCUT2D eigenvalue weighted by Crippen LogP contribution is -2.21. The topological polar surface area (TPSA) is 66.8 Å². The van der Waals surface area contributed by atoms with Crippen LogP contribution in [0.2, 0.25) is 0 Å². The summed E-state index contributed by atoms with van der Waals surface area (Å²) in [6.07, 6.45) is 3.57. The zero-order valence-corrected chi connectivity index (χ0v) is 19.2. The van der Waals surface area contributed by atoms with E-state index < -0.39 is 5.82 Å². The summed E-state index contributed by atoms with van der Waals surface area (Å²) >= 11 is 0. The zero-order chi connectivity index (χ0) is 21.8. The molecule has 8 heteroatoms. The Hall–Kier alpha value is -2.77. The van der Waals surface area contributed by atoms with Gasteiger partial charge in [-0.1, -0.05) is 0 Å². The van der Waals surface area contributed by atoms with Gasteiger partial charge in [-0.3, -0.25) is 0 Å². The molecule has 0 radical (unpaired) electrons. The first kappa shape index (κ1) is 23.9. The zero-order valence-electron chi connectivity index (χ0n) is 18.4. The van der Waals surface area contributed by atoms with Gasteiger partial charge in [0, 0.05) is 30.1 Å². The summed E-state index contributed by atoms with van der Waals surface area (Å²) in [6, 6.07) is 10.0. The van der Waals surface area contributed by atoms with E-state index in [9.17, 15) is 9.50 Å². The number of rotatable bonds is 8.